The van der Waals surface area contributed by atoms with Gasteiger partial charge in [0, 0.05) is 13.1 Å². The van der Waals surface area contributed by atoms with Gasteiger partial charge in [-0.3, -0.25) is 4.79 Å². The number of nitrogens with zero attached hydrogens (tertiary/aromatic N) is 1. The minimum absolute atomic E-state index is 0.0691. The lowest BCUT2D eigenvalue weighted by molar-refractivity contribution is -0.136. The predicted octanol–water partition coefficient (Wildman–Crippen LogP) is 4.32. The van der Waals surface area contributed by atoms with Crippen molar-refractivity contribution in [2.24, 2.45) is 5.92 Å². The third-order valence-corrected chi connectivity index (χ3v) is 3.44. The summed E-state index contributed by atoms with van der Waals surface area (Å²) in [7, 11) is 0. The van der Waals surface area contributed by atoms with Gasteiger partial charge in [0.15, 0.2) is 0 Å². The van der Waals surface area contributed by atoms with Crippen molar-refractivity contribution in [2.75, 3.05) is 18.0 Å². The number of aliphatic carboxylic acids is 1. The lowest BCUT2D eigenvalue weighted by atomic mass is 10.1. The van der Waals surface area contributed by atoms with Crippen molar-refractivity contribution in [3.63, 3.8) is 0 Å². The Morgan fingerprint density at radius 3 is 2.32 bits per heavy atom. The quantitative estimate of drug-likeness (QED) is 0.815. The predicted molar refractivity (Wildman–Crippen MR) is 80.4 cm³/mol. The van der Waals surface area contributed by atoms with Crippen molar-refractivity contribution < 1.29 is 9.90 Å². The average Bonchev–Trinajstić information content (AvgIpc) is 2.30. The molecule has 19 heavy (non-hydrogen) atoms. The molecule has 0 heterocycles. The van der Waals surface area contributed by atoms with Gasteiger partial charge < -0.3 is 10.0 Å². The maximum Gasteiger partial charge on any atom is 0.305 e. The standard InChI is InChI=1S/C14H19Cl2NO2/c1-10(2)6-8-17(9-7-13(18)19)14-11(15)4-3-5-12(14)16/h3-5,10H,6-9H2,1-2H3,(H,18,19). The van der Waals surface area contributed by atoms with Gasteiger partial charge in [-0.05, 0) is 24.5 Å². The van der Waals surface area contributed by atoms with Crippen molar-refractivity contribution in [1.82, 2.24) is 0 Å². The summed E-state index contributed by atoms with van der Waals surface area (Å²) in [6.45, 7) is 5.41. The van der Waals surface area contributed by atoms with Crippen molar-refractivity contribution in [3.05, 3.63) is 28.2 Å². The molecule has 0 radical (unpaired) electrons. The fourth-order valence-electron chi connectivity index (χ4n) is 1.77. The van der Waals surface area contributed by atoms with Gasteiger partial charge >= 0.3 is 5.97 Å². The molecule has 0 aliphatic carbocycles. The summed E-state index contributed by atoms with van der Waals surface area (Å²) < 4.78 is 0. The molecule has 0 saturated carbocycles. The Morgan fingerprint density at radius 1 is 1.26 bits per heavy atom. The molecule has 0 spiro atoms. The molecule has 1 aromatic rings. The van der Waals surface area contributed by atoms with Crippen LogP contribution in [0, 0.1) is 5.92 Å². The molecule has 0 amide bonds. The van der Waals surface area contributed by atoms with Crippen LogP contribution in [0.2, 0.25) is 10.0 Å². The molecule has 0 saturated heterocycles. The molecule has 0 aliphatic rings. The molecule has 1 rings (SSSR count). The van der Waals surface area contributed by atoms with Crippen LogP contribution in [0.1, 0.15) is 26.7 Å². The van der Waals surface area contributed by atoms with E-state index in [0.29, 0.717) is 22.5 Å². The second-order valence-electron chi connectivity index (χ2n) is 4.88. The van der Waals surface area contributed by atoms with Crippen LogP contribution in [-0.2, 0) is 4.79 Å². The van der Waals surface area contributed by atoms with E-state index in [2.05, 4.69) is 13.8 Å². The van der Waals surface area contributed by atoms with Crippen molar-refractivity contribution in [2.45, 2.75) is 26.7 Å². The van der Waals surface area contributed by atoms with Crippen molar-refractivity contribution >= 4 is 34.9 Å². The molecule has 0 aliphatic heterocycles. The monoisotopic (exact) mass is 303 g/mol. The highest BCUT2D eigenvalue weighted by Crippen LogP contribution is 2.33. The van der Waals surface area contributed by atoms with Crippen molar-refractivity contribution in [3.8, 4) is 0 Å². The average molecular weight is 304 g/mol. The molecule has 0 fully saturated rings. The number of para-hydroxylation sites is 1. The SMILES string of the molecule is CC(C)CCN(CCC(=O)O)c1c(Cl)cccc1Cl. The Hall–Kier alpha value is -0.930. The van der Waals surface area contributed by atoms with Crippen LogP contribution in [0.5, 0.6) is 0 Å². The second kappa shape index (κ2) is 7.61. The molecular formula is C14H19Cl2NO2. The zero-order chi connectivity index (χ0) is 14.4. The third-order valence-electron chi connectivity index (χ3n) is 2.83. The van der Waals surface area contributed by atoms with Crippen LogP contribution in [0.4, 0.5) is 5.69 Å². The van der Waals surface area contributed by atoms with Crippen LogP contribution in [0.25, 0.3) is 0 Å². The molecule has 0 aromatic heterocycles. The molecule has 0 unspecified atom stereocenters. The summed E-state index contributed by atoms with van der Waals surface area (Å²) in [5.41, 5.74) is 0.729. The summed E-state index contributed by atoms with van der Waals surface area (Å²) in [6, 6.07) is 5.32. The molecule has 5 heteroatoms. The number of anilines is 1. The summed E-state index contributed by atoms with van der Waals surface area (Å²) in [5.74, 6) is -0.286. The van der Waals surface area contributed by atoms with Crippen LogP contribution in [0.3, 0.4) is 0 Å². The lowest BCUT2D eigenvalue weighted by Crippen LogP contribution is -2.28. The first-order valence-electron chi connectivity index (χ1n) is 6.32. The van der Waals surface area contributed by atoms with Gasteiger partial charge in [-0.1, -0.05) is 43.1 Å². The number of halogens is 2. The van der Waals surface area contributed by atoms with Crippen LogP contribution in [0.15, 0.2) is 18.2 Å². The molecule has 106 valence electrons. The first-order valence-corrected chi connectivity index (χ1v) is 7.08. The van der Waals surface area contributed by atoms with Gasteiger partial charge in [0.25, 0.3) is 0 Å². The molecule has 0 atom stereocenters. The van der Waals surface area contributed by atoms with Crippen molar-refractivity contribution in [1.29, 1.82) is 0 Å². The highest BCUT2D eigenvalue weighted by molar-refractivity contribution is 6.39. The lowest BCUT2D eigenvalue weighted by Gasteiger charge is -2.27. The summed E-state index contributed by atoms with van der Waals surface area (Å²) in [6.07, 6.45) is 1.03. The summed E-state index contributed by atoms with van der Waals surface area (Å²) in [5, 5.41) is 9.95. The van der Waals surface area contributed by atoms with Gasteiger partial charge in [0.2, 0.25) is 0 Å². The van der Waals surface area contributed by atoms with E-state index in [4.69, 9.17) is 28.3 Å². The number of carboxylic acids is 1. The van der Waals surface area contributed by atoms with Crippen LogP contribution < -0.4 is 4.90 Å². The Bertz CT molecular complexity index is 415. The first-order chi connectivity index (χ1) is 8.91. The zero-order valence-corrected chi connectivity index (χ0v) is 12.7. The number of hydrogen-bond donors (Lipinski definition) is 1. The van der Waals surface area contributed by atoms with E-state index >= 15 is 0 Å². The minimum Gasteiger partial charge on any atom is -0.481 e. The maximum atomic E-state index is 10.8. The molecular weight excluding hydrogens is 285 g/mol. The fraction of sp³-hybridized carbons (Fsp3) is 0.500. The number of rotatable bonds is 7. The topological polar surface area (TPSA) is 40.5 Å². The van der Waals surface area contributed by atoms with E-state index in [1.807, 2.05) is 4.90 Å². The first kappa shape index (κ1) is 16.1. The maximum absolute atomic E-state index is 10.8. The van der Waals surface area contributed by atoms with Crippen LogP contribution in [-0.4, -0.2) is 24.2 Å². The van der Waals surface area contributed by atoms with E-state index in [-0.39, 0.29) is 6.42 Å². The molecule has 3 nitrogen and oxygen atoms in total. The summed E-state index contributed by atoms with van der Waals surface area (Å²) in [4.78, 5) is 12.7. The zero-order valence-electron chi connectivity index (χ0n) is 11.2. The van der Waals surface area contributed by atoms with E-state index in [9.17, 15) is 4.79 Å². The Morgan fingerprint density at radius 2 is 1.84 bits per heavy atom. The van der Waals surface area contributed by atoms with Gasteiger partial charge in [0.05, 0.1) is 22.2 Å². The highest BCUT2D eigenvalue weighted by Gasteiger charge is 2.15. The number of hydrogen-bond acceptors (Lipinski definition) is 2. The van der Waals surface area contributed by atoms with E-state index in [0.717, 1.165) is 18.7 Å². The normalized spacial score (nSPS) is 10.8. The van der Waals surface area contributed by atoms with E-state index in [1.54, 1.807) is 18.2 Å². The largest absolute Gasteiger partial charge is 0.481 e. The van der Waals surface area contributed by atoms with Gasteiger partial charge in [-0.15, -0.1) is 0 Å². The molecule has 0 bridgehead atoms. The van der Waals surface area contributed by atoms with Crippen LogP contribution >= 0.6 is 23.2 Å². The number of benzene rings is 1. The molecule has 1 aromatic carbocycles. The second-order valence-corrected chi connectivity index (χ2v) is 5.70. The van der Waals surface area contributed by atoms with Gasteiger partial charge in [-0.25, -0.2) is 0 Å². The Kier molecular flexibility index (Phi) is 6.46. The van der Waals surface area contributed by atoms with E-state index < -0.39 is 5.97 Å². The minimum atomic E-state index is -0.822. The fourth-order valence-corrected chi connectivity index (χ4v) is 2.41. The highest BCUT2D eigenvalue weighted by atomic mass is 35.5. The Labute approximate surface area is 124 Å². The Balaban J connectivity index is 2.90. The third kappa shape index (κ3) is 5.29. The van der Waals surface area contributed by atoms with Gasteiger partial charge in [-0.2, -0.15) is 0 Å². The van der Waals surface area contributed by atoms with Gasteiger partial charge in [0.1, 0.15) is 0 Å². The van der Waals surface area contributed by atoms with E-state index in [1.165, 1.54) is 0 Å². The smallest absolute Gasteiger partial charge is 0.305 e. The number of carbonyl (C=O) groups is 1. The summed E-state index contributed by atoms with van der Waals surface area (Å²) >= 11 is 12.4. The molecule has 1 N–H and O–H groups in total. The number of carboxylic acid groups (broad SMARTS) is 1.